The Labute approximate surface area is 178 Å². The van der Waals surface area contributed by atoms with Crippen LogP contribution in [0.3, 0.4) is 0 Å². The Bertz CT molecular complexity index is 1310. The second-order valence-electron chi connectivity index (χ2n) is 7.32. The first kappa shape index (κ1) is 20.2. The summed E-state index contributed by atoms with van der Waals surface area (Å²) in [6.07, 6.45) is 1.58. The van der Waals surface area contributed by atoms with Gasteiger partial charge >= 0.3 is 11.9 Å². The van der Waals surface area contributed by atoms with Gasteiger partial charge in [0.05, 0.1) is 11.8 Å². The molecule has 2 aromatic heterocycles. The van der Waals surface area contributed by atoms with Crippen molar-refractivity contribution in [3.05, 3.63) is 88.4 Å². The molecule has 0 saturated carbocycles. The van der Waals surface area contributed by atoms with Crippen LogP contribution in [0.1, 0.15) is 43.4 Å². The van der Waals surface area contributed by atoms with Gasteiger partial charge in [0.1, 0.15) is 5.58 Å². The summed E-state index contributed by atoms with van der Waals surface area (Å²) < 4.78 is 7.58. The van der Waals surface area contributed by atoms with Gasteiger partial charge in [-0.25, -0.2) is 10.2 Å². The third-order valence-corrected chi connectivity index (χ3v) is 5.17. The minimum Gasteiger partial charge on any atom is -0.478 e. The number of nitrogens with one attached hydrogen (secondary N) is 1. The Kier molecular flexibility index (Phi) is 5.17. The standard InChI is InChI=1S/C24H21N3O4/c1-14-10-18(24(29)30)8-9-20(14)27-15(2)11-19(16(27)3)13-25-26-23(28)22-12-17-6-4-5-7-21(17)31-22/h4-13H,1-3H3,(H,26,28)(H,29,30)/b25-13+. The smallest absolute Gasteiger partial charge is 0.335 e. The quantitative estimate of drug-likeness (QED) is 0.367. The molecule has 2 aromatic carbocycles. The maximum atomic E-state index is 12.3. The van der Waals surface area contributed by atoms with E-state index in [1.165, 1.54) is 0 Å². The molecule has 7 nitrogen and oxygen atoms in total. The molecule has 0 unspecified atom stereocenters. The summed E-state index contributed by atoms with van der Waals surface area (Å²) >= 11 is 0. The minimum atomic E-state index is -0.955. The lowest BCUT2D eigenvalue weighted by atomic mass is 10.1. The topological polar surface area (TPSA) is 96.8 Å². The van der Waals surface area contributed by atoms with Crippen molar-refractivity contribution in [2.24, 2.45) is 5.10 Å². The van der Waals surface area contributed by atoms with Gasteiger partial charge in [0.15, 0.2) is 5.76 Å². The number of aromatic carboxylic acids is 1. The first-order valence-electron chi connectivity index (χ1n) is 9.70. The molecule has 31 heavy (non-hydrogen) atoms. The number of furan rings is 1. The molecule has 0 atom stereocenters. The number of amides is 1. The zero-order valence-corrected chi connectivity index (χ0v) is 17.3. The number of para-hydroxylation sites is 1. The van der Waals surface area contributed by atoms with Crippen molar-refractivity contribution in [2.45, 2.75) is 20.8 Å². The molecular weight excluding hydrogens is 394 g/mol. The Morgan fingerprint density at radius 2 is 1.84 bits per heavy atom. The predicted molar refractivity (Wildman–Crippen MR) is 118 cm³/mol. The van der Waals surface area contributed by atoms with E-state index in [-0.39, 0.29) is 11.3 Å². The van der Waals surface area contributed by atoms with Crippen LogP contribution in [0.2, 0.25) is 0 Å². The molecule has 156 valence electrons. The maximum absolute atomic E-state index is 12.3. The number of hydrazone groups is 1. The molecule has 0 spiro atoms. The molecule has 0 fully saturated rings. The van der Waals surface area contributed by atoms with E-state index in [0.29, 0.717) is 5.58 Å². The number of rotatable bonds is 5. The van der Waals surface area contributed by atoms with Crippen LogP contribution in [0.15, 0.2) is 64.1 Å². The van der Waals surface area contributed by atoms with Gasteiger partial charge in [0.25, 0.3) is 0 Å². The first-order valence-corrected chi connectivity index (χ1v) is 9.70. The van der Waals surface area contributed by atoms with Crippen LogP contribution in [-0.4, -0.2) is 27.8 Å². The summed E-state index contributed by atoms with van der Waals surface area (Å²) in [5.41, 5.74) is 7.86. The fraction of sp³-hybridized carbons (Fsp3) is 0.125. The lowest BCUT2D eigenvalue weighted by Gasteiger charge is -2.13. The molecule has 0 aliphatic rings. The number of fused-ring (bicyclic) bond motifs is 1. The molecule has 0 aliphatic heterocycles. The molecule has 0 saturated heterocycles. The number of carboxylic acid groups (broad SMARTS) is 1. The second-order valence-corrected chi connectivity index (χ2v) is 7.32. The van der Waals surface area contributed by atoms with E-state index < -0.39 is 11.9 Å². The minimum absolute atomic E-state index is 0.193. The number of hydrogen-bond donors (Lipinski definition) is 2. The van der Waals surface area contributed by atoms with E-state index >= 15 is 0 Å². The van der Waals surface area contributed by atoms with Crippen molar-refractivity contribution in [3.63, 3.8) is 0 Å². The maximum Gasteiger partial charge on any atom is 0.335 e. The highest BCUT2D eigenvalue weighted by molar-refractivity contribution is 5.96. The van der Waals surface area contributed by atoms with Gasteiger partial charge in [-0.1, -0.05) is 18.2 Å². The highest BCUT2D eigenvalue weighted by Crippen LogP contribution is 2.23. The summed E-state index contributed by atoms with van der Waals surface area (Å²) in [6.45, 7) is 5.78. The lowest BCUT2D eigenvalue weighted by Crippen LogP contribution is -2.16. The van der Waals surface area contributed by atoms with Gasteiger partial charge in [-0.15, -0.1) is 0 Å². The van der Waals surface area contributed by atoms with E-state index in [1.54, 1.807) is 36.5 Å². The Morgan fingerprint density at radius 3 is 2.55 bits per heavy atom. The van der Waals surface area contributed by atoms with Crippen molar-refractivity contribution >= 4 is 29.1 Å². The summed E-state index contributed by atoms with van der Waals surface area (Å²) in [6, 6.07) is 16.1. The molecule has 0 bridgehead atoms. The summed E-state index contributed by atoms with van der Waals surface area (Å²) in [5, 5.41) is 14.1. The number of aryl methyl sites for hydroxylation is 2. The van der Waals surface area contributed by atoms with Crippen molar-refractivity contribution in [3.8, 4) is 5.69 Å². The number of carbonyl (C=O) groups is 2. The highest BCUT2D eigenvalue weighted by atomic mass is 16.4. The number of benzene rings is 2. The number of carbonyl (C=O) groups excluding carboxylic acids is 1. The Balaban J connectivity index is 1.55. The van der Waals surface area contributed by atoms with Crippen molar-refractivity contribution in [1.29, 1.82) is 0 Å². The van der Waals surface area contributed by atoms with Crippen molar-refractivity contribution < 1.29 is 19.1 Å². The average Bonchev–Trinajstić information content (AvgIpc) is 3.29. The lowest BCUT2D eigenvalue weighted by molar-refractivity contribution is 0.0696. The first-order chi connectivity index (χ1) is 14.8. The van der Waals surface area contributed by atoms with Gasteiger partial charge in [-0.3, -0.25) is 4.79 Å². The Morgan fingerprint density at radius 1 is 1.06 bits per heavy atom. The van der Waals surface area contributed by atoms with Gasteiger partial charge in [0.2, 0.25) is 0 Å². The third-order valence-electron chi connectivity index (χ3n) is 5.17. The van der Waals surface area contributed by atoms with Crippen LogP contribution in [0.4, 0.5) is 0 Å². The third kappa shape index (κ3) is 3.85. The number of aromatic nitrogens is 1. The predicted octanol–water partition coefficient (Wildman–Crippen LogP) is 4.61. The number of carboxylic acids is 1. The SMILES string of the molecule is Cc1cc(C(=O)O)ccc1-n1c(C)cc(/C=N/NC(=O)c2cc3ccccc3o2)c1C. The molecule has 4 rings (SSSR count). The molecule has 0 aliphatic carbocycles. The van der Waals surface area contributed by atoms with E-state index in [9.17, 15) is 14.7 Å². The molecule has 1 amide bonds. The Hall–Kier alpha value is -4.13. The van der Waals surface area contributed by atoms with Gasteiger partial charge < -0.3 is 14.1 Å². The van der Waals surface area contributed by atoms with Gasteiger partial charge in [-0.05, 0) is 62.7 Å². The van der Waals surface area contributed by atoms with Crippen molar-refractivity contribution in [1.82, 2.24) is 9.99 Å². The second kappa shape index (κ2) is 7.95. The zero-order chi connectivity index (χ0) is 22.1. The fourth-order valence-corrected chi connectivity index (χ4v) is 3.64. The highest BCUT2D eigenvalue weighted by Gasteiger charge is 2.14. The van der Waals surface area contributed by atoms with Gasteiger partial charge in [-0.2, -0.15) is 5.10 Å². The number of hydrogen-bond acceptors (Lipinski definition) is 4. The monoisotopic (exact) mass is 415 g/mol. The van der Waals surface area contributed by atoms with E-state index in [4.69, 9.17) is 4.42 Å². The van der Waals surface area contributed by atoms with E-state index in [2.05, 4.69) is 10.5 Å². The molecule has 2 N–H and O–H groups in total. The summed E-state index contributed by atoms with van der Waals surface area (Å²) in [7, 11) is 0. The van der Waals surface area contributed by atoms with Crippen LogP contribution in [-0.2, 0) is 0 Å². The van der Waals surface area contributed by atoms with Crippen molar-refractivity contribution in [2.75, 3.05) is 0 Å². The average molecular weight is 415 g/mol. The summed E-state index contributed by atoms with van der Waals surface area (Å²) in [5.74, 6) is -1.19. The number of nitrogens with zero attached hydrogens (tertiary/aromatic N) is 2. The largest absolute Gasteiger partial charge is 0.478 e. The van der Waals surface area contributed by atoms with Crippen LogP contribution in [0, 0.1) is 20.8 Å². The van der Waals surface area contributed by atoms with Crippen LogP contribution in [0.5, 0.6) is 0 Å². The fourth-order valence-electron chi connectivity index (χ4n) is 3.64. The molecule has 2 heterocycles. The van der Waals surface area contributed by atoms with E-state index in [1.807, 2.05) is 49.6 Å². The molecular formula is C24H21N3O4. The van der Waals surface area contributed by atoms with E-state index in [0.717, 1.165) is 33.6 Å². The van der Waals surface area contributed by atoms with Crippen LogP contribution < -0.4 is 5.43 Å². The molecule has 7 heteroatoms. The zero-order valence-electron chi connectivity index (χ0n) is 17.3. The summed E-state index contributed by atoms with van der Waals surface area (Å²) in [4.78, 5) is 23.5. The van der Waals surface area contributed by atoms with Crippen LogP contribution >= 0.6 is 0 Å². The van der Waals surface area contributed by atoms with Gasteiger partial charge in [0, 0.05) is 28.0 Å². The van der Waals surface area contributed by atoms with Crippen LogP contribution in [0.25, 0.3) is 16.7 Å². The molecule has 0 radical (unpaired) electrons. The molecule has 4 aromatic rings. The normalized spacial score (nSPS) is 11.3.